The summed E-state index contributed by atoms with van der Waals surface area (Å²) in [6.45, 7) is 7.39. The maximum atomic E-state index is 14.1. The van der Waals surface area contributed by atoms with Crippen LogP contribution >= 0.6 is 0 Å². The summed E-state index contributed by atoms with van der Waals surface area (Å²) in [5.41, 5.74) is 6.68. The molecule has 0 saturated carbocycles. The Balaban J connectivity index is 1.01. The highest BCUT2D eigenvalue weighted by Crippen LogP contribution is 2.43. The highest BCUT2D eigenvalue weighted by atomic mass is 16.6. The van der Waals surface area contributed by atoms with Gasteiger partial charge in [0, 0.05) is 61.6 Å². The maximum absolute atomic E-state index is 14.1. The summed E-state index contributed by atoms with van der Waals surface area (Å²) in [4.78, 5) is 56.9. The number of carbonyl (C=O) groups excluding carboxylic acids is 3. The Morgan fingerprint density at radius 1 is 0.629 bits per heavy atom. The molecule has 5 aromatic carbocycles. The van der Waals surface area contributed by atoms with Crippen LogP contribution in [0, 0.1) is 0 Å². The number of methoxy groups -OCH3 is 3. The van der Waals surface area contributed by atoms with Crippen LogP contribution in [0.2, 0.25) is 0 Å². The molecule has 70 heavy (non-hydrogen) atoms. The summed E-state index contributed by atoms with van der Waals surface area (Å²) in [7, 11) is 4.66. The number of carbonyl (C=O) groups is 3. The van der Waals surface area contributed by atoms with Crippen LogP contribution in [0.4, 0.5) is 33.2 Å². The summed E-state index contributed by atoms with van der Waals surface area (Å²) in [5, 5.41) is 0. The number of ether oxygens (including phenoxy) is 8. The van der Waals surface area contributed by atoms with Gasteiger partial charge in [-0.05, 0) is 85.5 Å². The average Bonchev–Trinajstić information content (AvgIpc) is 3.84. The molecule has 0 saturated heterocycles. The SMILES string of the molecule is COCCOCCOCCN(C(=O)OC(C)(C)C)c1cc(COc2cc3c(cc2OC)C(=O)N2c4ccccc4C[C@H]2C=N3)cc(COc2cc3c(cc2OC)C(=O)N2c4ccccc4C[C@H]2C=N3)c1. The minimum Gasteiger partial charge on any atom is -0.493 e. The molecule has 5 aromatic rings. The predicted octanol–water partition coefficient (Wildman–Crippen LogP) is 8.86. The van der Waals surface area contributed by atoms with Crippen LogP contribution in [0.25, 0.3) is 0 Å². The number of hydrogen-bond acceptors (Lipinski definition) is 13. The molecule has 364 valence electrons. The normalized spacial score (nSPS) is 16.3. The zero-order valence-electron chi connectivity index (χ0n) is 40.3. The summed E-state index contributed by atoms with van der Waals surface area (Å²) in [6.07, 6.45) is 4.38. The molecule has 0 N–H and O–H groups in total. The molecule has 16 nitrogen and oxygen atoms in total. The summed E-state index contributed by atoms with van der Waals surface area (Å²) in [5.74, 6) is 1.10. The molecule has 0 bridgehead atoms. The Bertz CT molecular complexity index is 2680. The summed E-state index contributed by atoms with van der Waals surface area (Å²) >= 11 is 0. The quantitative estimate of drug-likeness (QED) is 0.0773. The van der Waals surface area contributed by atoms with Crippen molar-refractivity contribution in [2.45, 2.75) is 64.5 Å². The van der Waals surface area contributed by atoms with E-state index in [0.29, 0.717) is 102 Å². The van der Waals surface area contributed by atoms with Crippen LogP contribution in [0.5, 0.6) is 23.0 Å². The number of anilines is 3. The van der Waals surface area contributed by atoms with E-state index >= 15 is 0 Å². The van der Waals surface area contributed by atoms with Gasteiger partial charge in [-0.25, -0.2) is 4.79 Å². The number of amides is 3. The molecule has 4 heterocycles. The standard InChI is InChI=1S/C54H57N5O11/c1-54(2,3)70-53(62)57(15-16-66-19-20-67-18-17-63-4)38-22-34(32-68-49-28-43-41(26-47(49)64-5)51(60)58-39(30-55-43)24-36-11-7-9-13-45(36)58)21-35(23-38)33-69-50-29-44-42(27-48(50)65-6)52(61)59-40(31-56-44)25-37-12-8-10-14-46(37)59/h7-14,21-23,26-31,39-40H,15-20,24-25,32-33H2,1-6H3/t39-,40-/m0/s1. The topological polar surface area (TPSA) is 159 Å². The second-order valence-electron chi connectivity index (χ2n) is 18.2. The molecule has 4 aliphatic rings. The lowest BCUT2D eigenvalue weighted by Crippen LogP contribution is -2.39. The lowest BCUT2D eigenvalue weighted by molar-refractivity contribution is 0.0252. The van der Waals surface area contributed by atoms with E-state index in [1.165, 1.54) is 19.1 Å². The lowest BCUT2D eigenvalue weighted by atomic mass is 10.1. The molecule has 9 rings (SSSR count). The van der Waals surface area contributed by atoms with Gasteiger partial charge in [-0.1, -0.05) is 36.4 Å². The van der Waals surface area contributed by atoms with Crippen molar-refractivity contribution in [3.05, 3.63) is 124 Å². The predicted molar refractivity (Wildman–Crippen MR) is 266 cm³/mol. The van der Waals surface area contributed by atoms with Gasteiger partial charge in [-0.3, -0.25) is 34.3 Å². The zero-order valence-corrected chi connectivity index (χ0v) is 40.3. The first-order chi connectivity index (χ1) is 33.9. The van der Waals surface area contributed by atoms with Gasteiger partial charge in [0.1, 0.15) is 18.8 Å². The van der Waals surface area contributed by atoms with Crippen molar-refractivity contribution in [1.82, 2.24) is 0 Å². The number of fused-ring (bicyclic) bond motifs is 8. The first-order valence-electron chi connectivity index (χ1n) is 23.3. The molecule has 3 amide bonds. The van der Waals surface area contributed by atoms with E-state index in [1.54, 1.807) is 41.2 Å². The highest BCUT2D eigenvalue weighted by molar-refractivity contribution is 6.16. The number of aliphatic imine (C=N–C) groups is 2. The Hall–Kier alpha value is -7.27. The van der Waals surface area contributed by atoms with Gasteiger partial charge in [0.15, 0.2) is 23.0 Å². The first-order valence-corrected chi connectivity index (χ1v) is 23.3. The second-order valence-corrected chi connectivity index (χ2v) is 18.2. The maximum Gasteiger partial charge on any atom is 0.414 e. The van der Waals surface area contributed by atoms with Gasteiger partial charge in [-0.2, -0.15) is 0 Å². The minimum absolute atomic E-state index is 0.0209. The lowest BCUT2D eigenvalue weighted by Gasteiger charge is -2.28. The van der Waals surface area contributed by atoms with E-state index in [9.17, 15) is 14.4 Å². The van der Waals surface area contributed by atoms with E-state index in [4.69, 9.17) is 47.9 Å². The zero-order chi connectivity index (χ0) is 48.9. The molecule has 0 aromatic heterocycles. The monoisotopic (exact) mass is 951 g/mol. The van der Waals surface area contributed by atoms with Gasteiger partial charge in [-0.15, -0.1) is 0 Å². The van der Waals surface area contributed by atoms with E-state index in [1.807, 2.05) is 99.9 Å². The van der Waals surface area contributed by atoms with Crippen LogP contribution in [0.1, 0.15) is 63.7 Å². The molecule has 4 aliphatic heterocycles. The van der Waals surface area contributed by atoms with Crippen molar-refractivity contribution < 1.29 is 52.3 Å². The molecular weight excluding hydrogens is 895 g/mol. The molecule has 2 atom stereocenters. The van der Waals surface area contributed by atoms with E-state index in [0.717, 1.165) is 22.5 Å². The molecule has 0 unspecified atom stereocenters. The van der Waals surface area contributed by atoms with Crippen LogP contribution in [0.3, 0.4) is 0 Å². The van der Waals surface area contributed by atoms with Crippen molar-refractivity contribution in [2.24, 2.45) is 9.98 Å². The molecule has 0 spiro atoms. The molecule has 0 radical (unpaired) electrons. The number of para-hydroxylation sites is 2. The van der Waals surface area contributed by atoms with Crippen molar-refractivity contribution >= 4 is 58.8 Å². The van der Waals surface area contributed by atoms with Gasteiger partial charge in [0.05, 0.1) is 88.4 Å². The van der Waals surface area contributed by atoms with E-state index < -0.39 is 11.7 Å². The number of nitrogens with zero attached hydrogens (tertiary/aromatic N) is 5. The smallest absolute Gasteiger partial charge is 0.414 e. The van der Waals surface area contributed by atoms with Crippen LogP contribution < -0.4 is 33.6 Å². The van der Waals surface area contributed by atoms with Crippen molar-refractivity contribution in [2.75, 3.05) is 75.6 Å². The number of hydrogen-bond donors (Lipinski definition) is 0. The van der Waals surface area contributed by atoms with E-state index in [-0.39, 0.29) is 50.3 Å². The van der Waals surface area contributed by atoms with Crippen LogP contribution in [0.15, 0.2) is 101 Å². The van der Waals surface area contributed by atoms with Gasteiger partial charge in [0.2, 0.25) is 0 Å². The van der Waals surface area contributed by atoms with Crippen molar-refractivity contribution in [3.63, 3.8) is 0 Å². The molecule has 0 fully saturated rings. The van der Waals surface area contributed by atoms with Gasteiger partial charge < -0.3 is 37.9 Å². The first kappa shape index (κ1) is 47.8. The summed E-state index contributed by atoms with van der Waals surface area (Å²) in [6, 6.07) is 27.7. The summed E-state index contributed by atoms with van der Waals surface area (Å²) < 4.78 is 47.1. The number of benzene rings is 5. The fourth-order valence-electron chi connectivity index (χ4n) is 9.03. The van der Waals surface area contributed by atoms with E-state index in [2.05, 4.69) is 0 Å². The van der Waals surface area contributed by atoms with Crippen molar-refractivity contribution in [1.29, 1.82) is 0 Å². The van der Waals surface area contributed by atoms with Crippen LogP contribution in [-0.2, 0) is 45.0 Å². The average molecular weight is 952 g/mol. The molecule has 0 aliphatic carbocycles. The largest absolute Gasteiger partial charge is 0.493 e. The minimum atomic E-state index is -0.798. The van der Waals surface area contributed by atoms with Gasteiger partial charge in [0.25, 0.3) is 11.8 Å². The fraction of sp³-hybridized carbons (Fsp3) is 0.352. The third kappa shape index (κ3) is 10.2. The second kappa shape index (κ2) is 20.8. The molecule has 16 heteroatoms. The van der Waals surface area contributed by atoms with Crippen LogP contribution in [-0.4, -0.2) is 109 Å². The Morgan fingerprint density at radius 3 is 1.60 bits per heavy atom. The third-order valence-corrected chi connectivity index (χ3v) is 12.3. The number of rotatable bonds is 18. The molecular formula is C54H57N5O11. The van der Waals surface area contributed by atoms with Crippen molar-refractivity contribution in [3.8, 4) is 23.0 Å². The Labute approximate surface area is 407 Å². The highest BCUT2D eigenvalue weighted by Gasteiger charge is 2.38. The fourth-order valence-corrected chi connectivity index (χ4v) is 9.03. The Kier molecular flexibility index (Phi) is 14.2. The Morgan fingerprint density at radius 2 is 1.11 bits per heavy atom. The van der Waals surface area contributed by atoms with Gasteiger partial charge >= 0.3 is 6.09 Å². The third-order valence-electron chi connectivity index (χ3n) is 12.3.